The van der Waals surface area contributed by atoms with Crippen LogP contribution >= 0.6 is 0 Å². The molecule has 4 heterocycles. The van der Waals surface area contributed by atoms with E-state index in [1.54, 1.807) is 6.20 Å². The fourth-order valence-corrected chi connectivity index (χ4v) is 4.07. The van der Waals surface area contributed by atoms with Crippen molar-refractivity contribution in [1.29, 1.82) is 0 Å². The van der Waals surface area contributed by atoms with Crippen molar-refractivity contribution >= 4 is 17.4 Å². The number of hydrogen-bond donors (Lipinski definition) is 1. The van der Waals surface area contributed by atoms with E-state index >= 15 is 0 Å². The van der Waals surface area contributed by atoms with Gasteiger partial charge in [-0.15, -0.1) is 0 Å². The average Bonchev–Trinajstić information content (AvgIpc) is 3.23. The van der Waals surface area contributed by atoms with Gasteiger partial charge in [0.25, 0.3) is 0 Å². The van der Waals surface area contributed by atoms with Gasteiger partial charge in [-0.1, -0.05) is 6.07 Å². The number of morpholine rings is 1. The molecule has 7 nitrogen and oxygen atoms in total. The van der Waals surface area contributed by atoms with Gasteiger partial charge in [-0.05, 0) is 50.1 Å². The SMILES string of the molecule is Cc1cccnc1Nc1ccc(C2CCCN2CCC(=O)N2CCOCC2)nc1. The summed E-state index contributed by atoms with van der Waals surface area (Å²) in [7, 11) is 0. The number of carbonyl (C=O) groups is 1. The molecule has 0 aliphatic carbocycles. The third kappa shape index (κ3) is 4.92. The number of ether oxygens (including phenoxy) is 1. The molecule has 0 aromatic carbocycles. The minimum absolute atomic E-state index is 0.234. The number of nitrogens with zero attached hydrogens (tertiary/aromatic N) is 4. The van der Waals surface area contributed by atoms with Crippen LogP contribution in [-0.2, 0) is 9.53 Å². The van der Waals surface area contributed by atoms with Gasteiger partial charge >= 0.3 is 0 Å². The first kappa shape index (κ1) is 19.8. The summed E-state index contributed by atoms with van der Waals surface area (Å²) in [6.45, 7) is 6.58. The Bertz CT molecular complexity index is 820. The smallest absolute Gasteiger partial charge is 0.224 e. The van der Waals surface area contributed by atoms with Gasteiger partial charge in [0, 0.05) is 32.3 Å². The number of carbonyl (C=O) groups excluding carboxylic acids is 1. The third-order valence-corrected chi connectivity index (χ3v) is 5.74. The van der Waals surface area contributed by atoms with Crippen LogP contribution in [0.15, 0.2) is 36.7 Å². The summed E-state index contributed by atoms with van der Waals surface area (Å²) in [6, 6.07) is 8.41. The second kappa shape index (κ2) is 9.33. The lowest BCUT2D eigenvalue weighted by Crippen LogP contribution is -2.42. The van der Waals surface area contributed by atoms with Gasteiger partial charge in [0.15, 0.2) is 0 Å². The Morgan fingerprint density at radius 2 is 2.07 bits per heavy atom. The summed E-state index contributed by atoms with van der Waals surface area (Å²) in [5.74, 6) is 1.09. The molecule has 1 amide bonds. The molecule has 4 rings (SSSR count). The van der Waals surface area contributed by atoms with Gasteiger partial charge in [-0.3, -0.25) is 14.7 Å². The highest BCUT2D eigenvalue weighted by molar-refractivity contribution is 5.76. The molecule has 0 bridgehead atoms. The molecule has 2 fully saturated rings. The topological polar surface area (TPSA) is 70.6 Å². The van der Waals surface area contributed by atoms with Crippen molar-refractivity contribution in [3.63, 3.8) is 0 Å². The van der Waals surface area contributed by atoms with Crippen molar-refractivity contribution < 1.29 is 9.53 Å². The Kier molecular flexibility index (Phi) is 6.36. The fraction of sp³-hybridized carbons (Fsp3) is 0.500. The first-order valence-corrected chi connectivity index (χ1v) is 10.4. The molecular formula is C22H29N5O2. The zero-order chi connectivity index (χ0) is 20.1. The number of aromatic nitrogens is 2. The van der Waals surface area contributed by atoms with E-state index in [1.165, 1.54) is 0 Å². The molecule has 2 aromatic rings. The van der Waals surface area contributed by atoms with Crippen molar-refractivity contribution in [3.8, 4) is 0 Å². The maximum Gasteiger partial charge on any atom is 0.224 e. The predicted molar refractivity (Wildman–Crippen MR) is 112 cm³/mol. The van der Waals surface area contributed by atoms with E-state index in [0.29, 0.717) is 32.7 Å². The molecule has 1 unspecified atom stereocenters. The summed E-state index contributed by atoms with van der Waals surface area (Å²) in [6.07, 6.45) is 6.45. The summed E-state index contributed by atoms with van der Waals surface area (Å²) in [5.41, 5.74) is 3.11. The Morgan fingerprint density at radius 1 is 1.21 bits per heavy atom. The molecule has 2 aliphatic rings. The van der Waals surface area contributed by atoms with E-state index in [1.807, 2.05) is 30.2 Å². The minimum atomic E-state index is 0.234. The van der Waals surface area contributed by atoms with Crippen LogP contribution < -0.4 is 5.32 Å². The van der Waals surface area contributed by atoms with Crippen LogP contribution in [0.2, 0.25) is 0 Å². The molecule has 2 aromatic heterocycles. The number of anilines is 2. The number of aryl methyl sites for hydroxylation is 1. The Labute approximate surface area is 172 Å². The lowest BCUT2D eigenvalue weighted by atomic mass is 10.1. The highest BCUT2D eigenvalue weighted by atomic mass is 16.5. The number of nitrogens with one attached hydrogen (secondary N) is 1. The van der Waals surface area contributed by atoms with Gasteiger partial charge in [0.2, 0.25) is 5.91 Å². The summed E-state index contributed by atoms with van der Waals surface area (Å²) in [5, 5.41) is 3.33. The van der Waals surface area contributed by atoms with E-state index in [-0.39, 0.29) is 11.9 Å². The van der Waals surface area contributed by atoms with Crippen LogP contribution in [0.3, 0.4) is 0 Å². The largest absolute Gasteiger partial charge is 0.378 e. The molecule has 154 valence electrons. The predicted octanol–water partition coefficient (Wildman–Crippen LogP) is 2.91. The lowest BCUT2D eigenvalue weighted by molar-refractivity contribution is -0.135. The van der Waals surface area contributed by atoms with Gasteiger partial charge in [0.1, 0.15) is 5.82 Å². The molecule has 7 heteroatoms. The zero-order valence-electron chi connectivity index (χ0n) is 17.0. The number of likely N-dealkylation sites (tertiary alicyclic amines) is 1. The fourth-order valence-electron chi connectivity index (χ4n) is 4.07. The first-order valence-electron chi connectivity index (χ1n) is 10.4. The van der Waals surface area contributed by atoms with Crippen molar-refractivity contribution in [1.82, 2.24) is 19.8 Å². The van der Waals surface area contributed by atoms with Crippen LogP contribution in [0.1, 0.15) is 36.6 Å². The molecule has 0 radical (unpaired) electrons. The zero-order valence-corrected chi connectivity index (χ0v) is 17.0. The number of amides is 1. The molecular weight excluding hydrogens is 366 g/mol. The van der Waals surface area contributed by atoms with Gasteiger partial charge in [0.05, 0.1) is 36.8 Å². The molecule has 2 saturated heterocycles. The lowest BCUT2D eigenvalue weighted by Gasteiger charge is -2.29. The van der Waals surface area contributed by atoms with Crippen LogP contribution in [0, 0.1) is 6.92 Å². The van der Waals surface area contributed by atoms with Crippen LogP contribution in [0.4, 0.5) is 11.5 Å². The quantitative estimate of drug-likeness (QED) is 0.811. The van der Waals surface area contributed by atoms with E-state index in [2.05, 4.69) is 27.3 Å². The maximum absolute atomic E-state index is 12.5. The van der Waals surface area contributed by atoms with Gasteiger partial charge in [-0.25, -0.2) is 4.98 Å². The Hall–Kier alpha value is -2.51. The molecule has 29 heavy (non-hydrogen) atoms. The molecule has 0 spiro atoms. The second-order valence-corrected chi connectivity index (χ2v) is 7.70. The minimum Gasteiger partial charge on any atom is -0.378 e. The van der Waals surface area contributed by atoms with Crippen LogP contribution in [-0.4, -0.2) is 65.1 Å². The van der Waals surface area contributed by atoms with E-state index in [4.69, 9.17) is 9.72 Å². The normalized spacial score (nSPS) is 20.0. The summed E-state index contributed by atoms with van der Waals surface area (Å²) in [4.78, 5) is 25.9. The average molecular weight is 396 g/mol. The van der Waals surface area contributed by atoms with Crippen LogP contribution in [0.25, 0.3) is 0 Å². The Balaban J connectivity index is 1.34. The van der Waals surface area contributed by atoms with Crippen molar-refractivity contribution in [2.75, 3.05) is 44.7 Å². The van der Waals surface area contributed by atoms with Crippen molar-refractivity contribution in [2.24, 2.45) is 0 Å². The van der Waals surface area contributed by atoms with Crippen molar-refractivity contribution in [3.05, 3.63) is 47.9 Å². The van der Waals surface area contributed by atoms with E-state index < -0.39 is 0 Å². The summed E-state index contributed by atoms with van der Waals surface area (Å²) < 4.78 is 5.33. The second-order valence-electron chi connectivity index (χ2n) is 7.70. The standard InChI is InChI=1S/C22H29N5O2/c1-17-4-2-9-23-22(17)25-18-6-7-19(24-16-18)20-5-3-10-26(20)11-8-21(28)27-12-14-29-15-13-27/h2,4,6-7,9,16,20H,3,5,8,10-15H2,1H3,(H,23,25). The van der Waals surface area contributed by atoms with Gasteiger partial charge < -0.3 is 15.0 Å². The number of rotatable bonds is 6. The molecule has 1 atom stereocenters. The van der Waals surface area contributed by atoms with Crippen LogP contribution in [0.5, 0.6) is 0 Å². The molecule has 1 N–H and O–H groups in total. The maximum atomic E-state index is 12.5. The number of pyridine rings is 2. The first-order chi connectivity index (χ1) is 14.2. The number of hydrogen-bond acceptors (Lipinski definition) is 6. The monoisotopic (exact) mass is 395 g/mol. The molecule has 2 aliphatic heterocycles. The third-order valence-electron chi connectivity index (χ3n) is 5.74. The van der Waals surface area contributed by atoms with E-state index in [9.17, 15) is 4.79 Å². The highest BCUT2D eigenvalue weighted by Gasteiger charge is 2.28. The Morgan fingerprint density at radius 3 is 2.83 bits per heavy atom. The van der Waals surface area contributed by atoms with Gasteiger partial charge in [-0.2, -0.15) is 0 Å². The summed E-state index contributed by atoms with van der Waals surface area (Å²) >= 11 is 0. The molecule has 0 saturated carbocycles. The van der Waals surface area contributed by atoms with E-state index in [0.717, 1.165) is 48.7 Å². The van der Waals surface area contributed by atoms with Crippen molar-refractivity contribution in [2.45, 2.75) is 32.2 Å². The highest BCUT2D eigenvalue weighted by Crippen LogP contribution is 2.31.